The van der Waals surface area contributed by atoms with Crippen molar-refractivity contribution in [3.63, 3.8) is 0 Å². The first-order valence-electron chi connectivity index (χ1n) is 7.04. The molecule has 0 heterocycles. The molecule has 1 amide bonds. The molecule has 116 valence electrons. The lowest BCUT2D eigenvalue weighted by Gasteiger charge is -2.21. The van der Waals surface area contributed by atoms with Crippen LogP contribution in [0.15, 0.2) is 18.2 Å². The van der Waals surface area contributed by atoms with Gasteiger partial charge in [0.2, 0.25) is 0 Å². The van der Waals surface area contributed by atoms with E-state index >= 15 is 0 Å². The maximum Gasteiger partial charge on any atom is 0.412 e. The molecule has 2 rings (SSSR count). The van der Waals surface area contributed by atoms with Gasteiger partial charge in [0.1, 0.15) is 5.60 Å². The summed E-state index contributed by atoms with van der Waals surface area (Å²) in [4.78, 5) is 11.9. The molecule has 21 heavy (non-hydrogen) atoms. The standard InChI is InChI=1S/C16H23ClN2O2/c1-14(2,3)21-13(20)19-12-8-10(6-7-11(12)17)16(18)9-15(16,4)5/h6-8H,9,18H2,1-5H3,(H,19,20). The topological polar surface area (TPSA) is 64.3 Å². The van der Waals surface area contributed by atoms with Gasteiger partial charge in [-0.05, 0) is 50.3 Å². The molecule has 5 heteroatoms. The number of nitrogens with two attached hydrogens (primary N) is 1. The second kappa shape index (κ2) is 4.89. The largest absolute Gasteiger partial charge is 0.444 e. The van der Waals surface area contributed by atoms with Crippen molar-refractivity contribution >= 4 is 23.4 Å². The lowest BCUT2D eigenvalue weighted by molar-refractivity contribution is 0.0636. The molecular formula is C16H23ClN2O2. The second-order valence-corrected chi connectivity index (χ2v) is 7.76. The minimum Gasteiger partial charge on any atom is -0.444 e. The van der Waals surface area contributed by atoms with Crippen LogP contribution in [0.25, 0.3) is 0 Å². The van der Waals surface area contributed by atoms with Crippen molar-refractivity contribution in [2.75, 3.05) is 5.32 Å². The van der Waals surface area contributed by atoms with Crippen molar-refractivity contribution in [3.8, 4) is 0 Å². The zero-order chi connectivity index (χ0) is 16.1. The molecule has 0 aromatic heterocycles. The molecule has 1 aliphatic rings. The van der Waals surface area contributed by atoms with Gasteiger partial charge >= 0.3 is 6.09 Å². The number of carbonyl (C=O) groups excluding carboxylic acids is 1. The van der Waals surface area contributed by atoms with E-state index in [1.807, 2.05) is 32.9 Å². The molecule has 1 atom stereocenters. The van der Waals surface area contributed by atoms with Crippen molar-refractivity contribution in [2.24, 2.45) is 11.1 Å². The number of hydrogen-bond donors (Lipinski definition) is 2. The van der Waals surface area contributed by atoms with Crippen molar-refractivity contribution < 1.29 is 9.53 Å². The summed E-state index contributed by atoms with van der Waals surface area (Å²) in [5.74, 6) is 0. The van der Waals surface area contributed by atoms with Gasteiger partial charge in [-0.25, -0.2) is 4.79 Å². The van der Waals surface area contributed by atoms with Crippen LogP contribution in [-0.4, -0.2) is 11.7 Å². The van der Waals surface area contributed by atoms with Crippen molar-refractivity contribution in [2.45, 2.75) is 52.2 Å². The molecule has 1 aromatic rings. The van der Waals surface area contributed by atoms with Crippen LogP contribution in [0.2, 0.25) is 5.02 Å². The molecule has 1 unspecified atom stereocenters. The Hall–Kier alpha value is -1.26. The number of ether oxygens (including phenoxy) is 1. The summed E-state index contributed by atoms with van der Waals surface area (Å²) in [7, 11) is 0. The third kappa shape index (κ3) is 3.33. The van der Waals surface area contributed by atoms with Crippen molar-refractivity contribution in [1.82, 2.24) is 0 Å². The average Bonchev–Trinajstić information content (AvgIpc) is 2.79. The second-order valence-electron chi connectivity index (χ2n) is 7.35. The van der Waals surface area contributed by atoms with Crippen molar-refractivity contribution in [1.29, 1.82) is 0 Å². The van der Waals surface area contributed by atoms with E-state index in [4.69, 9.17) is 22.1 Å². The predicted octanol–water partition coefficient (Wildman–Crippen LogP) is 4.27. The lowest BCUT2D eigenvalue weighted by atomic mass is 9.97. The lowest BCUT2D eigenvalue weighted by Crippen LogP contribution is -2.28. The van der Waals surface area contributed by atoms with Gasteiger partial charge in [-0.1, -0.05) is 31.5 Å². The first kappa shape index (κ1) is 16.1. The maximum atomic E-state index is 11.9. The van der Waals surface area contributed by atoms with Crippen LogP contribution in [0.3, 0.4) is 0 Å². The number of nitrogens with one attached hydrogen (secondary N) is 1. The molecule has 4 nitrogen and oxygen atoms in total. The normalized spacial score (nSPS) is 23.6. The fraction of sp³-hybridized carbons (Fsp3) is 0.562. The van der Waals surface area contributed by atoms with E-state index in [0.717, 1.165) is 12.0 Å². The Balaban J connectivity index is 2.20. The van der Waals surface area contributed by atoms with Crippen LogP contribution in [-0.2, 0) is 10.3 Å². The average molecular weight is 311 g/mol. The Morgan fingerprint density at radius 1 is 1.38 bits per heavy atom. The van der Waals surface area contributed by atoms with Gasteiger partial charge < -0.3 is 10.5 Å². The fourth-order valence-electron chi connectivity index (χ4n) is 2.46. The SMILES string of the molecule is CC(C)(C)OC(=O)Nc1cc(C2(N)CC2(C)C)ccc1Cl. The number of amides is 1. The highest BCUT2D eigenvalue weighted by molar-refractivity contribution is 6.33. The Kier molecular flexibility index (Phi) is 3.75. The smallest absolute Gasteiger partial charge is 0.412 e. The Bertz CT molecular complexity index is 578. The van der Waals surface area contributed by atoms with Crippen molar-refractivity contribution in [3.05, 3.63) is 28.8 Å². The Morgan fingerprint density at radius 3 is 2.43 bits per heavy atom. The van der Waals surface area contributed by atoms with Gasteiger partial charge in [0.25, 0.3) is 0 Å². The van der Waals surface area contributed by atoms with Gasteiger partial charge in [-0.15, -0.1) is 0 Å². The van der Waals surface area contributed by atoms with E-state index in [1.54, 1.807) is 6.07 Å². The number of hydrogen-bond acceptors (Lipinski definition) is 3. The third-order valence-electron chi connectivity index (χ3n) is 3.92. The zero-order valence-corrected chi connectivity index (χ0v) is 14.0. The summed E-state index contributed by atoms with van der Waals surface area (Å²) in [6.07, 6.45) is 0.385. The maximum absolute atomic E-state index is 11.9. The molecule has 1 saturated carbocycles. The van der Waals surface area contributed by atoms with E-state index in [1.165, 1.54) is 0 Å². The van der Waals surface area contributed by atoms with Gasteiger partial charge in [0.15, 0.2) is 0 Å². The summed E-state index contributed by atoms with van der Waals surface area (Å²) in [5.41, 5.74) is 7.06. The van der Waals surface area contributed by atoms with Gasteiger partial charge in [0.05, 0.1) is 10.7 Å². The summed E-state index contributed by atoms with van der Waals surface area (Å²) in [6.45, 7) is 9.69. The number of halogens is 1. The Morgan fingerprint density at radius 2 is 1.95 bits per heavy atom. The summed E-state index contributed by atoms with van der Waals surface area (Å²) in [5, 5.41) is 3.15. The minimum absolute atomic E-state index is 0.0595. The Labute approximate surface area is 131 Å². The van der Waals surface area contributed by atoms with E-state index in [0.29, 0.717) is 10.7 Å². The summed E-state index contributed by atoms with van der Waals surface area (Å²) >= 11 is 6.14. The molecule has 0 radical (unpaired) electrons. The van der Waals surface area contributed by atoms with E-state index in [9.17, 15) is 4.79 Å². The molecule has 0 spiro atoms. The van der Waals surface area contributed by atoms with Crippen LogP contribution in [0.1, 0.15) is 46.6 Å². The number of rotatable bonds is 2. The highest BCUT2D eigenvalue weighted by Crippen LogP contribution is 2.60. The number of benzene rings is 1. The van der Waals surface area contributed by atoms with Gasteiger partial charge in [-0.3, -0.25) is 5.32 Å². The minimum atomic E-state index is -0.554. The summed E-state index contributed by atoms with van der Waals surface area (Å²) in [6, 6.07) is 5.50. The monoisotopic (exact) mass is 310 g/mol. The first-order valence-corrected chi connectivity index (χ1v) is 7.41. The van der Waals surface area contributed by atoms with Crippen LogP contribution < -0.4 is 11.1 Å². The summed E-state index contributed by atoms with van der Waals surface area (Å²) < 4.78 is 5.24. The molecule has 0 aliphatic heterocycles. The van der Waals surface area contributed by atoms with Crippen LogP contribution in [0.5, 0.6) is 0 Å². The van der Waals surface area contributed by atoms with E-state index in [2.05, 4.69) is 19.2 Å². The molecule has 0 saturated heterocycles. The van der Waals surface area contributed by atoms with Crippen LogP contribution in [0.4, 0.5) is 10.5 Å². The molecule has 1 fully saturated rings. The number of anilines is 1. The molecule has 0 bridgehead atoms. The molecule has 1 aromatic carbocycles. The molecular weight excluding hydrogens is 288 g/mol. The zero-order valence-electron chi connectivity index (χ0n) is 13.2. The third-order valence-corrected chi connectivity index (χ3v) is 4.25. The van der Waals surface area contributed by atoms with Crippen LogP contribution in [0, 0.1) is 5.41 Å². The number of carbonyl (C=O) groups is 1. The highest BCUT2D eigenvalue weighted by atomic mass is 35.5. The first-order chi connectivity index (χ1) is 9.45. The van der Waals surface area contributed by atoms with Gasteiger partial charge in [0, 0.05) is 5.54 Å². The van der Waals surface area contributed by atoms with E-state index < -0.39 is 11.7 Å². The van der Waals surface area contributed by atoms with Gasteiger partial charge in [-0.2, -0.15) is 0 Å². The fourth-order valence-corrected chi connectivity index (χ4v) is 2.62. The predicted molar refractivity (Wildman–Crippen MR) is 85.6 cm³/mol. The quantitative estimate of drug-likeness (QED) is 0.857. The molecule has 3 N–H and O–H groups in total. The van der Waals surface area contributed by atoms with E-state index in [-0.39, 0.29) is 11.0 Å². The van der Waals surface area contributed by atoms with Crippen LogP contribution >= 0.6 is 11.6 Å². The highest BCUT2D eigenvalue weighted by Gasteiger charge is 2.59. The molecule has 1 aliphatic carbocycles.